The molecule has 23 heavy (non-hydrogen) atoms. The number of nitrogens with two attached hydrogens (primary N) is 1. The normalized spacial score (nSPS) is 10.8. The van der Waals surface area contributed by atoms with E-state index in [1.165, 1.54) is 0 Å². The van der Waals surface area contributed by atoms with Crippen molar-refractivity contribution in [1.29, 1.82) is 0 Å². The van der Waals surface area contributed by atoms with Crippen LogP contribution in [-0.4, -0.2) is 38.9 Å². The minimum Gasteiger partial charge on any atom is -0.494 e. The molecule has 7 heteroatoms. The molecule has 0 bridgehead atoms. The van der Waals surface area contributed by atoms with E-state index < -0.39 is 0 Å². The zero-order chi connectivity index (χ0) is 16.2. The van der Waals surface area contributed by atoms with Gasteiger partial charge in [-0.15, -0.1) is 24.0 Å². The Morgan fingerprint density at radius 2 is 1.87 bits per heavy atom. The predicted molar refractivity (Wildman–Crippen MR) is 105 cm³/mol. The van der Waals surface area contributed by atoms with E-state index in [1.807, 2.05) is 39.0 Å². The first-order valence-electron chi connectivity index (χ1n) is 7.75. The topological polar surface area (TPSA) is 78.1 Å². The summed E-state index contributed by atoms with van der Waals surface area (Å²) in [6.45, 7) is 9.07. The number of rotatable bonds is 10. The number of nitrogens with one attached hydrogen (secondary N) is 1. The first-order chi connectivity index (χ1) is 10.7. The van der Waals surface area contributed by atoms with Crippen molar-refractivity contribution in [3.05, 3.63) is 18.2 Å². The molecule has 0 aliphatic carbocycles. The summed E-state index contributed by atoms with van der Waals surface area (Å²) in [5.74, 6) is 1.84. The van der Waals surface area contributed by atoms with Crippen LogP contribution in [0.4, 0.5) is 5.69 Å². The number of halogens is 1. The fourth-order valence-electron chi connectivity index (χ4n) is 1.83. The lowest BCUT2D eigenvalue weighted by atomic mass is 10.2. The van der Waals surface area contributed by atoms with Crippen LogP contribution in [0.1, 0.15) is 27.2 Å². The predicted octanol–water partition coefficient (Wildman–Crippen LogP) is 3.26. The molecule has 0 spiro atoms. The van der Waals surface area contributed by atoms with Gasteiger partial charge in [0.05, 0.1) is 18.9 Å². The van der Waals surface area contributed by atoms with E-state index in [2.05, 4.69) is 10.3 Å². The monoisotopic (exact) mass is 437 g/mol. The van der Waals surface area contributed by atoms with Gasteiger partial charge in [0.1, 0.15) is 11.5 Å². The van der Waals surface area contributed by atoms with E-state index in [-0.39, 0.29) is 24.0 Å². The number of guanidine groups is 1. The zero-order valence-corrected chi connectivity index (χ0v) is 16.5. The maximum atomic E-state index is 5.91. The number of hydrogen-bond donors (Lipinski definition) is 2. The highest BCUT2D eigenvalue weighted by molar-refractivity contribution is 14.0. The molecule has 0 amide bonds. The minimum atomic E-state index is 0. The summed E-state index contributed by atoms with van der Waals surface area (Å²) in [5.41, 5.74) is 6.66. The summed E-state index contributed by atoms with van der Waals surface area (Å²) in [7, 11) is 0. The molecular formula is C16H28IN3O3. The molecule has 0 saturated carbocycles. The Balaban J connectivity index is 0.00000484. The van der Waals surface area contributed by atoms with Crippen molar-refractivity contribution in [2.24, 2.45) is 10.7 Å². The largest absolute Gasteiger partial charge is 0.494 e. The fourth-order valence-corrected chi connectivity index (χ4v) is 1.83. The molecule has 0 aliphatic heterocycles. The summed E-state index contributed by atoms with van der Waals surface area (Å²) >= 11 is 0. The van der Waals surface area contributed by atoms with E-state index in [4.69, 9.17) is 19.9 Å². The molecule has 6 nitrogen and oxygen atoms in total. The molecule has 0 atom stereocenters. The van der Waals surface area contributed by atoms with Crippen LogP contribution in [0.25, 0.3) is 0 Å². The number of anilines is 1. The van der Waals surface area contributed by atoms with Crippen LogP contribution in [0, 0.1) is 0 Å². The lowest BCUT2D eigenvalue weighted by Crippen LogP contribution is -2.23. The maximum Gasteiger partial charge on any atom is 0.193 e. The van der Waals surface area contributed by atoms with Gasteiger partial charge < -0.3 is 25.3 Å². The molecule has 0 heterocycles. The molecule has 1 aromatic rings. The SMILES string of the molecule is CCOCCCN=C(N)Nc1cc(OCC)ccc1OCC.I. The zero-order valence-electron chi connectivity index (χ0n) is 14.1. The quantitative estimate of drug-likeness (QED) is 0.254. The third-order valence-corrected chi connectivity index (χ3v) is 2.76. The van der Waals surface area contributed by atoms with E-state index in [0.29, 0.717) is 32.3 Å². The third-order valence-electron chi connectivity index (χ3n) is 2.76. The van der Waals surface area contributed by atoms with Crippen molar-refractivity contribution in [1.82, 2.24) is 0 Å². The molecule has 0 fully saturated rings. The Labute approximate surface area is 155 Å². The van der Waals surface area contributed by atoms with Crippen molar-refractivity contribution in [3.8, 4) is 11.5 Å². The van der Waals surface area contributed by atoms with Crippen molar-refractivity contribution in [2.45, 2.75) is 27.2 Å². The van der Waals surface area contributed by atoms with E-state index in [1.54, 1.807) is 0 Å². The first-order valence-corrected chi connectivity index (χ1v) is 7.75. The summed E-state index contributed by atoms with van der Waals surface area (Å²) in [4.78, 5) is 4.28. The van der Waals surface area contributed by atoms with Crippen molar-refractivity contribution >= 4 is 35.6 Å². The summed E-state index contributed by atoms with van der Waals surface area (Å²) in [5, 5.41) is 3.07. The number of hydrogen-bond acceptors (Lipinski definition) is 4. The second kappa shape index (κ2) is 13.2. The molecule has 0 aliphatic rings. The summed E-state index contributed by atoms with van der Waals surface area (Å²) in [6.07, 6.45) is 0.841. The van der Waals surface area contributed by atoms with Crippen LogP contribution in [0.3, 0.4) is 0 Å². The van der Waals surface area contributed by atoms with Crippen molar-refractivity contribution < 1.29 is 14.2 Å². The second-order valence-corrected chi connectivity index (χ2v) is 4.47. The Morgan fingerprint density at radius 1 is 1.13 bits per heavy atom. The lowest BCUT2D eigenvalue weighted by Gasteiger charge is -2.14. The molecule has 3 N–H and O–H groups in total. The highest BCUT2D eigenvalue weighted by atomic mass is 127. The summed E-state index contributed by atoms with van der Waals surface area (Å²) < 4.78 is 16.3. The third kappa shape index (κ3) is 8.85. The van der Waals surface area contributed by atoms with Crippen LogP contribution >= 0.6 is 24.0 Å². The van der Waals surface area contributed by atoms with E-state index in [0.717, 1.165) is 30.2 Å². The lowest BCUT2D eigenvalue weighted by molar-refractivity contribution is 0.146. The van der Waals surface area contributed by atoms with Crippen LogP contribution in [0.2, 0.25) is 0 Å². The van der Waals surface area contributed by atoms with Gasteiger partial charge >= 0.3 is 0 Å². The van der Waals surface area contributed by atoms with Gasteiger partial charge in [0.25, 0.3) is 0 Å². The van der Waals surface area contributed by atoms with E-state index in [9.17, 15) is 0 Å². The summed E-state index contributed by atoms with van der Waals surface area (Å²) in [6, 6.07) is 5.59. The van der Waals surface area contributed by atoms with Crippen LogP contribution in [0.5, 0.6) is 11.5 Å². The van der Waals surface area contributed by atoms with Gasteiger partial charge in [-0.05, 0) is 39.3 Å². The minimum absolute atomic E-state index is 0. The van der Waals surface area contributed by atoms with Crippen molar-refractivity contribution in [3.63, 3.8) is 0 Å². The fraction of sp³-hybridized carbons (Fsp3) is 0.562. The van der Waals surface area contributed by atoms with Gasteiger partial charge in [-0.1, -0.05) is 0 Å². The Kier molecular flexibility index (Phi) is 12.5. The maximum absolute atomic E-state index is 5.91. The van der Waals surface area contributed by atoms with Gasteiger partial charge in [-0.25, -0.2) is 0 Å². The van der Waals surface area contributed by atoms with Crippen LogP contribution < -0.4 is 20.5 Å². The van der Waals surface area contributed by atoms with E-state index >= 15 is 0 Å². The van der Waals surface area contributed by atoms with Gasteiger partial charge in [0.2, 0.25) is 0 Å². The molecule has 0 aromatic heterocycles. The van der Waals surface area contributed by atoms with Crippen LogP contribution in [-0.2, 0) is 4.74 Å². The number of benzene rings is 1. The number of aliphatic imine (C=N–C) groups is 1. The van der Waals surface area contributed by atoms with Gasteiger partial charge in [0.15, 0.2) is 5.96 Å². The molecule has 0 radical (unpaired) electrons. The molecule has 1 aromatic carbocycles. The number of nitrogens with zero attached hydrogens (tertiary/aromatic N) is 1. The van der Waals surface area contributed by atoms with Gasteiger partial charge in [0, 0.05) is 25.8 Å². The average molecular weight is 437 g/mol. The second-order valence-electron chi connectivity index (χ2n) is 4.47. The Hall–Kier alpha value is -1.22. The van der Waals surface area contributed by atoms with Gasteiger partial charge in [-0.3, -0.25) is 4.99 Å². The molecule has 132 valence electrons. The molecule has 0 saturated heterocycles. The number of ether oxygens (including phenoxy) is 3. The first kappa shape index (κ1) is 21.8. The smallest absolute Gasteiger partial charge is 0.193 e. The highest BCUT2D eigenvalue weighted by Gasteiger charge is 2.07. The highest BCUT2D eigenvalue weighted by Crippen LogP contribution is 2.29. The van der Waals surface area contributed by atoms with Crippen molar-refractivity contribution in [2.75, 3.05) is 38.3 Å². The molecule has 0 unspecified atom stereocenters. The average Bonchev–Trinajstić information content (AvgIpc) is 2.50. The standard InChI is InChI=1S/C16H27N3O3.HI/c1-4-20-11-7-10-18-16(17)19-14-12-13(21-5-2)8-9-15(14)22-6-3;/h8-9,12H,4-7,10-11H2,1-3H3,(H3,17,18,19);1H. The van der Waals surface area contributed by atoms with Crippen LogP contribution in [0.15, 0.2) is 23.2 Å². The Morgan fingerprint density at radius 3 is 2.52 bits per heavy atom. The van der Waals surface area contributed by atoms with Gasteiger partial charge in [-0.2, -0.15) is 0 Å². The molecular weight excluding hydrogens is 409 g/mol. The molecule has 1 rings (SSSR count). The Bertz CT molecular complexity index is 470.